The number of benzene rings is 1. The van der Waals surface area contributed by atoms with E-state index in [9.17, 15) is 9.18 Å². The number of hydrogen-bond acceptors (Lipinski definition) is 2. The van der Waals surface area contributed by atoms with Gasteiger partial charge in [-0.05, 0) is 47.2 Å². The maximum atomic E-state index is 12.7. The van der Waals surface area contributed by atoms with E-state index in [0.717, 1.165) is 0 Å². The first-order chi connectivity index (χ1) is 7.13. The van der Waals surface area contributed by atoms with Crippen LogP contribution in [0.5, 0.6) is 0 Å². The third-order valence-electron chi connectivity index (χ3n) is 1.77. The van der Waals surface area contributed by atoms with E-state index in [-0.39, 0.29) is 24.8 Å². The molecule has 1 aromatic carbocycles. The predicted octanol–water partition coefficient (Wildman–Crippen LogP) is 2.14. The van der Waals surface area contributed by atoms with Crippen molar-refractivity contribution >= 4 is 34.2 Å². The highest BCUT2D eigenvalue weighted by atomic mass is 127. The number of aliphatic hydroxyl groups excluding tert-OH is 1. The van der Waals surface area contributed by atoms with E-state index in [0.29, 0.717) is 15.7 Å². The number of amides is 1. The highest BCUT2D eigenvalue weighted by Crippen LogP contribution is 2.19. The molecule has 0 radical (unpaired) electrons. The zero-order chi connectivity index (χ0) is 11.3. The molecular formula is C10H11FINO2. The SMILES string of the molecule is O=C(CCCO)Nc1ccc(F)cc1I. The Bertz CT molecular complexity index is 357. The number of rotatable bonds is 4. The molecule has 0 atom stereocenters. The molecule has 5 heteroatoms. The van der Waals surface area contributed by atoms with Crippen LogP contribution in [0.25, 0.3) is 0 Å². The van der Waals surface area contributed by atoms with Gasteiger partial charge in [0.15, 0.2) is 0 Å². The van der Waals surface area contributed by atoms with Crippen molar-refractivity contribution < 1.29 is 14.3 Å². The van der Waals surface area contributed by atoms with E-state index in [1.165, 1.54) is 18.2 Å². The van der Waals surface area contributed by atoms with E-state index < -0.39 is 0 Å². The smallest absolute Gasteiger partial charge is 0.224 e. The van der Waals surface area contributed by atoms with Crippen LogP contribution in [0.1, 0.15) is 12.8 Å². The lowest BCUT2D eigenvalue weighted by atomic mass is 10.2. The van der Waals surface area contributed by atoms with Gasteiger partial charge in [0.05, 0.1) is 5.69 Å². The van der Waals surface area contributed by atoms with Gasteiger partial charge in [-0.2, -0.15) is 0 Å². The molecule has 0 saturated carbocycles. The minimum absolute atomic E-state index is 0.00602. The van der Waals surface area contributed by atoms with E-state index in [2.05, 4.69) is 5.32 Å². The minimum Gasteiger partial charge on any atom is -0.396 e. The summed E-state index contributed by atoms with van der Waals surface area (Å²) >= 11 is 1.95. The Kier molecular flexibility index (Phi) is 4.97. The van der Waals surface area contributed by atoms with Crippen LogP contribution in [0.15, 0.2) is 18.2 Å². The van der Waals surface area contributed by atoms with Gasteiger partial charge in [0, 0.05) is 16.6 Å². The molecule has 0 aliphatic rings. The summed E-state index contributed by atoms with van der Waals surface area (Å²) in [6.45, 7) is -0.00602. The Morgan fingerprint density at radius 1 is 1.53 bits per heavy atom. The van der Waals surface area contributed by atoms with Crippen LogP contribution in [0, 0.1) is 9.39 Å². The topological polar surface area (TPSA) is 49.3 Å². The third-order valence-corrected chi connectivity index (χ3v) is 2.66. The fraction of sp³-hybridized carbons (Fsp3) is 0.300. The summed E-state index contributed by atoms with van der Waals surface area (Å²) in [4.78, 5) is 11.3. The van der Waals surface area contributed by atoms with Crippen LogP contribution in [0.4, 0.5) is 10.1 Å². The molecule has 0 saturated heterocycles. The second-order valence-corrected chi connectivity index (χ2v) is 4.16. The second kappa shape index (κ2) is 6.02. The summed E-state index contributed by atoms with van der Waals surface area (Å²) in [6, 6.07) is 4.17. The Morgan fingerprint density at radius 2 is 2.27 bits per heavy atom. The fourth-order valence-electron chi connectivity index (χ4n) is 1.04. The van der Waals surface area contributed by atoms with Gasteiger partial charge in [-0.3, -0.25) is 4.79 Å². The van der Waals surface area contributed by atoms with Crippen molar-refractivity contribution in [1.29, 1.82) is 0 Å². The van der Waals surface area contributed by atoms with Crippen LogP contribution in [0.3, 0.4) is 0 Å². The standard InChI is InChI=1S/C10H11FINO2/c11-7-3-4-9(8(12)6-7)13-10(15)2-1-5-14/h3-4,6,14H,1-2,5H2,(H,13,15). The Morgan fingerprint density at radius 3 is 2.87 bits per heavy atom. The third kappa shape index (κ3) is 4.13. The lowest BCUT2D eigenvalue weighted by Crippen LogP contribution is -2.12. The number of nitrogens with one attached hydrogen (secondary N) is 1. The summed E-state index contributed by atoms with van der Waals surface area (Å²) in [5, 5.41) is 11.2. The summed E-state index contributed by atoms with van der Waals surface area (Å²) in [5.41, 5.74) is 0.597. The maximum absolute atomic E-state index is 12.7. The van der Waals surface area contributed by atoms with Gasteiger partial charge in [-0.1, -0.05) is 0 Å². The molecule has 1 aromatic rings. The molecule has 0 unspecified atom stereocenters. The van der Waals surface area contributed by atoms with Gasteiger partial charge >= 0.3 is 0 Å². The molecule has 0 aliphatic carbocycles. The van der Waals surface area contributed by atoms with Crippen molar-refractivity contribution in [2.75, 3.05) is 11.9 Å². The van der Waals surface area contributed by atoms with Crippen LogP contribution < -0.4 is 5.32 Å². The van der Waals surface area contributed by atoms with Gasteiger partial charge in [0.1, 0.15) is 5.82 Å². The molecule has 0 aromatic heterocycles. The first-order valence-electron chi connectivity index (χ1n) is 4.49. The highest BCUT2D eigenvalue weighted by Gasteiger charge is 2.05. The second-order valence-electron chi connectivity index (χ2n) is 3.00. The molecule has 0 aliphatic heterocycles. The first-order valence-corrected chi connectivity index (χ1v) is 5.57. The van der Waals surface area contributed by atoms with E-state index in [4.69, 9.17) is 5.11 Å². The van der Waals surface area contributed by atoms with Crippen molar-refractivity contribution in [2.45, 2.75) is 12.8 Å². The quantitative estimate of drug-likeness (QED) is 0.834. The predicted molar refractivity (Wildman–Crippen MR) is 64.1 cm³/mol. The largest absolute Gasteiger partial charge is 0.396 e. The van der Waals surface area contributed by atoms with Gasteiger partial charge in [0.2, 0.25) is 5.91 Å². The molecule has 3 nitrogen and oxygen atoms in total. The van der Waals surface area contributed by atoms with E-state index in [1.54, 1.807) is 0 Å². The molecule has 2 N–H and O–H groups in total. The Hall–Kier alpha value is -0.690. The Balaban J connectivity index is 2.60. The molecule has 15 heavy (non-hydrogen) atoms. The number of carbonyl (C=O) groups is 1. The molecular weight excluding hydrogens is 312 g/mol. The van der Waals surface area contributed by atoms with E-state index in [1.807, 2.05) is 22.6 Å². The highest BCUT2D eigenvalue weighted by molar-refractivity contribution is 14.1. The number of anilines is 1. The fourth-order valence-corrected chi connectivity index (χ4v) is 1.66. The number of aliphatic hydroxyl groups is 1. The normalized spacial score (nSPS) is 10.1. The molecule has 0 heterocycles. The molecule has 1 rings (SSSR count). The lowest BCUT2D eigenvalue weighted by molar-refractivity contribution is -0.116. The number of carbonyl (C=O) groups excluding carboxylic acids is 1. The van der Waals surface area contributed by atoms with E-state index >= 15 is 0 Å². The van der Waals surface area contributed by atoms with Gasteiger partial charge < -0.3 is 10.4 Å². The van der Waals surface area contributed by atoms with Gasteiger partial charge in [-0.25, -0.2) is 4.39 Å². The average molecular weight is 323 g/mol. The summed E-state index contributed by atoms with van der Waals surface area (Å²) in [5.74, 6) is -0.499. The number of hydrogen-bond donors (Lipinski definition) is 2. The zero-order valence-corrected chi connectivity index (χ0v) is 10.1. The lowest BCUT2D eigenvalue weighted by Gasteiger charge is -2.06. The van der Waals surface area contributed by atoms with Crippen LogP contribution in [0.2, 0.25) is 0 Å². The summed E-state index contributed by atoms with van der Waals surface area (Å²) < 4.78 is 13.4. The minimum atomic E-state index is -0.326. The summed E-state index contributed by atoms with van der Waals surface area (Å²) in [6.07, 6.45) is 0.702. The van der Waals surface area contributed by atoms with Crippen molar-refractivity contribution in [3.8, 4) is 0 Å². The maximum Gasteiger partial charge on any atom is 0.224 e. The molecule has 0 bridgehead atoms. The van der Waals surface area contributed by atoms with Crippen molar-refractivity contribution in [2.24, 2.45) is 0 Å². The summed E-state index contributed by atoms with van der Waals surface area (Å²) in [7, 11) is 0. The van der Waals surface area contributed by atoms with Crippen molar-refractivity contribution in [3.63, 3.8) is 0 Å². The molecule has 82 valence electrons. The number of halogens is 2. The van der Waals surface area contributed by atoms with Crippen molar-refractivity contribution in [3.05, 3.63) is 27.6 Å². The molecule has 0 fully saturated rings. The molecule has 1 amide bonds. The van der Waals surface area contributed by atoms with Crippen LogP contribution in [-0.4, -0.2) is 17.6 Å². The monoisotopic (exact) mass is 323 g/mol. The van der Waals surface area contributed by atoms with Crippen LogP contribution in [-0.2, 0) is 4.79 Å². The average Bonchev–Trinajstić information content (AvgIpc) is 2.19. The van der Waals surface area contributed by atoms with Crippen molar-refractivity contribution in [1.82, 2.24) is 0 Å². The van der Waals surface area contributed by atoms with Gasteiger partial charge in [-0.15, -0.1) is 0 Å². The Labute approximate surface area is 101 Å². The van der Waals surface area contributed by atoms with Crippen LogP contribution >= 0.6 is 22.6 Å². The zero-order valence-electron chi connectivity index (χ0n) is 7.96. The first kappa shape index (κ1) is 12.4. The molecule has 0 spiro atoms. The van der Waals surface area contributed by atoms with Gasteiger partial charge in [0.25, 0.3) is 0 Å².